The van der Waals surface area contributed by atoms with Crippen molar-refractivity contribution in [3.8, 4) is 11.5 Å². The van der Waals surface area contributed by atoms with Crippen molar-refractivity contribution in [3.05, 3.63) is 18.2 Å². The highest BCUT2D eigenvalue weighted by Gasteiger charge is 2.26. The van der Waals surface area contributed by atoms with Crippen LogP contribution in [0, 0.1) is 5.92 Å². The summed E-state index contributed by atoms with van der Waals surface area (Å²) >= 11 is 2.53. The zero-order valence-corrected chi connectivity index (χ0v) is 16.6. The summed E-state index contributed by atoms with van der Waals surface area (Å²) in [7, 11) is 3.09. The van der Waals surface area contributed by atoms with Gasteiger partial charge in [-0.3, -0.25) is 9.59 Å². The van der Waals surface area contributed by atoms with Gasteiger partial charge in [0, 0.05) is 17.7 Å². The highest BCUT2D eigenvalue weighted by Crippen LogP contribution is 2.31. The van der Waals surface area contributed by atoms with Gasteiger partial charge in [-0.15, -0.1) is 10.2 Å². The number of benzene rings is 1. The lowest BCUT2D eigenvalue weighted by Gasteiger charge is -2.23. The Morgan fingerprint density at radius 2 is 1.96 bits per heavy atom. The molecule has 0 bridgehead atoms. The highest BCUT2D eigenvalue weighted by atomic mass is 32.2. The fraction of sp³-hybridized carbons (Fsp3) is 0.412. The molecule has 0 unspecified atom stereocenters. The Kier molecular flexibility index (Phi) is 6.51. The van der Waals surface area contributed by atoms with Crippen LogP contribution in [0.15, 0.2) is 22.5 Å². The summed E-state index contributed by atoms with van der Waals surface area (Å²) in [6, 6.07) is 5.16. The lowest BCUT2D eigenvalue weighted by molar-refractivity contribution is -0.122. The minimum Gasteiger partial charge on any atom is -0.493 e. The van der Waals surface area contributed by atoms with E-state index in [2.05, 4.69) is 20.8 Å². The van der Waals surface area contributed by atoms with Gasteiger partial charge >= 0.3 is 0 Å². The number of nitrogens with zero attached hydrogens (tertiary/aromatic N) is 2. The van der Waals surface area contributed by atoms with Crippen LogP contribution in [0.1, 0.15) is 19.3 Å². The van der Waals surface area contributed by atoms with Crippen LogP contribution in [0.5, 0.6) is 11.5 Å². The molecule has 0 radical (unpaired) electrons. The summed E-state index contributed by atoms with van der Waals surface area (Å²) < 4.78 is 11.0. The predicted molar refractivity (Wildman–Crippen MR) is 105 cm³/mol. The van der Waals surface area contributed by atoms with Crippen molar-refractivity contribution in [1.82, 2.24) is 10.2 Å². The van der Waals surface area contributed by atoms with Crippen molar-refractivity contribution >= 4 is 45.7 Å². The quantitative estimate of drug-likeness (QED) is 0.511. The Labute approximate surface area is 165 Å². The number of hydrogen-bond acceptors (Lipinski definition) is 8. The summed E-state index contributed by atoms with van der Waals surface area (Å²) in [5.41, 5.74) is 0.615. The molecule has 0 saturated heterocycles. The largest absolute Gasteiger partial charge is 0.493 e. The summed E-state index contributed by atoms with van der Waals surface area (Å²) in [6.45, 7) is 0. The molecule has 0 atom stereocenters. The first kappa shape index (κ1) is 19.4. The lowest BCUT2D eigenvalue weighted by Crippen LogP contribution is -2.27. The molecule has 1 aliphatic carbocycles. The molecule has 2 N–H and O–H groups in total. The third kappa shape index (κ3) is 5.10. The van der Waals surface area contributed by atoms with E-state index in [9.17, 15) is 9.59 Å². The van der Waals surface area contributed by atoms with Gasteiger partial charge in [0.1, 0.15) is 0 Å². The molecule has 27 heavy (non-hydrogen) atoms. The van der Waals surface area contributed by atoms with Gasteiger partial charge in [0.15, 0.2) is 15.8 Å². The van der Waals surface area contributed by atoms with Crippen LogP contribution in [0.3, 0.4) is 0 Å². The lowest BCUT2D eigenvalue weighted by atomic mass is 9.85. The Morgan fingerprint density at radius 1 is 1.19 bits per heavy atom. The number of carbonyl (C=O) groups is 2. The minimum absolute atomic E-state index is 0.000135. The van der Waals surface area contributed by atoms with E-state index in [0.29, 0.717) is 26.7 Å². The summed E-state index contributed by atoms with van der Waals surface area (Å²) in [5.74, 6) is 1.23. The molecular formula is C17H20N4O4S2. The first-order chi connectivity index (χ1) is 13.1. The second-order valence-electron chi connectivity index (χ2n) is 5.90. The molecule has 1 saturated carbocycles. The third-order valence-electron chi connectivity index (χ3n) is 4.11. The van der Waals surface area contributed by atoms with E-state index in [0.717, 1.165) is 19.3 Å². The maximum absolute atomic E-state index is 12.1. The Morgan fingerprint density at radius 3 is 2.63 bits per heavy atom. The first-order valence-electron chi connectivity index (χ1n) is 8.38. The van der Waals surface area contributed by atoms with Crippen LogP contribution in [-0.2, 0) is 9.59 Å². The van der Waals surface area contributed by atoms with E-state index in [-0.39, 0.29) is 23.5 Å². The van der Waals surface area contributed by atoms with Gasteiger partial charge in [0.05, 0.1) is 20.0 Å². The summed E-state index contributed by atoms with van der Waals surface area (Å²) in [5, 5.41) is 14.0. The second kappa shape index (κ2) is 9.05. The Balaban J connectivity index is 1.48. The van der Waals surface area contributed by atoms with Gasteiger partial charge in [-0.1, -0.05) is 29.5 Å². The van der Waals surface area contributed by atoms with Crippen molar-refractivity contribution in [2.24, 2.45) is 5.92 Å². The number of anilines is 2. The highest BCUT2D eigenvalue weighted by molar-refractivity contribution is 8.01. The number of carbonyl (C=O) groups excluding carboxylic acids is 2. The fourth-order valence-electron chi connectivity index (χ4n) is 2.43. The van der Waals surface area contributed by atoms with Crippen molar-refractivity contribution in [2.75, 3.05) is 30.6 Å². The van der Waals surface area contributed by atoms with E-state index in [1.807, 2.05) is 0 Å². The van der Waals surface area contributed by atoms with Crippen LogP contribution in [0.25, 0.3) is 0 Å². The van der Waals surface area contributed by atoms with Gasteiger partial charge in [0.2, 0.25) is 16.9 Å². The summed E-state index contributed by atoms with van der Waals surface area (Å²) in [4.78, 5) is 24.1. The van der Waals surface area contributed by atoms with Crippen molar-refractivity contribution in [3.63, 3.8) is 0 Å². The molecule has 10 heteroatoms. The Hall–Kier alpha value is -2.33. The molecule has 0 spiro atoms. The number of hydrogen-bond donors (Lipinski definition) is 2. The molecular weight excluding hydrogens is 388 g/mol. The number of aromatic nitrogens is 2. The van der Waals surface area contributed by atoms with Crippen LogP contribution in [0.4, 0.5) is 10.8 Å². The second-order valence-corrected chi connectivity index (χ2v) is 8.10. The zero-order chi connectivity index (χ0) is 19.2. The molecule has 3 rings (SSSR count). The average Bonchev–Trinajstić information content (AvgIpc) is 3.05. The molecule has 2 amide bonds. The van der Waals surface area contributed by atoms with E-state index >= 15 is 0 Å². The van der Waals surface area contributed by atoms with E-state index in [4.69, 9.17) is 9.47 Å². The SMILES string of the molecule is COc1ccc(NC(=O)CSc2nnc(NC(=O)C3CCC3)s2)cc1OC. The molecule has 1 aromatic carbocycles. The first-order valence-corrected chi connectivity index (χ1v) is 10.2. The molecule has 1 aliphatic rings. The maximum atomic E-state index is 12.1. The minimum atomic E-state index is -0.178. The van der Waals surface area contributed by atoms with Crippen LogP contribution < -0.4 is 20.1 Å². The summed E-state index contributed by atoms with van der Waals surface area (Å²) in [6.07, 6.45) is 2.97. The van der Waals surface area contributed by atoms with Gasteiger partial charge in [-0.2, -0.15) is 0 Å². The monoisotopic (exact) mass is 408 g/mol. The number of amides is 2. The van der Waals surface area contributed by atoms with Crippen molar-refractivity contribution < 1.29 is 19.1 Å². The molecule has 1 heterocycles. The zero-order valence-electron chi connectivity index (χ0n) is 15.0. The molecule has 1 aromatic heterocycles. The number of rotatable bonds is 8. The standard InChI is InChI=1S/C17H20N4O4S2/c1-24-12-7-6-11(8-13(12)25-2)18-14(22)9-26-17-21-20-16(27-17)19-15(23)10-4-3-5-10/h6-8,10H,3-5,9H2,1-2H3,(H,18,22)(H,19,20,23). The van der Waals surface area contributed by atoms with E-state index in [1.165, 1.54) is 30.2 Å². The van der Waals surface area contributed by atoms with Crippen molar-refractivity contribution in [2.45, 2.75) is 23.6 Å². The fourth-order valence-corrected chi connectivity index (χ4v) is 3.99. The van der Waals surface area contributed by atoms with Gasteiger partial charge in [-0.25, -0.2) is 0 Å². The number of nitrogens with one attached hydrogen (secondary N) is 2. The van der Waals surface area contributed by atoms with Crippen LogP contribution in [0.2, 0.25) is 0 Å². The average molecular weight is 409 g/mol. The van der Waals surface area contributed by atoms with Crippen LogP contribution in [-0.4, -0.2) is 42.0 Å². The number of ether oxygens (including phenoxy) is 2. The molecule has 1 fully saturated rings. The smallest absolute Gasteiger partial charge is 0.234 e. The topological polar surface area (TPSA) is 102 Å². The molecule has 144 valence electrons. The normalized spacial score (nSPS) is 13.6. The van der Waals surface area contributed by atoms with Crippen molar-refractivity contribution in [1.29, 1.82) is 0 Å². The van der Waals surface area contributed by atoms with Crippen LogP contribution >= 0.6 is 23.1 Å². The van der Waals surface area contributed by atoms with Gasteiger partial charge in [-0.05, 0) is 25.0 Å². The molecule has 2 aromatic rings. The predicted octanol–water partition coefficient (Wildman–Crippen LogP) is 3.02. The number of methoxy groups -OCH3 is 2. The number of thioether (sulfide) groups is 1. The van der Waals surface area contributed by atoms with Gasteiger partial charge in [0.25, 0.3) is 0 Å². The molecule has 8 nitrogen and oxygen atoms in total. The van der Waals surface area contributed by atoms with E-state index < -0.39 is 0 Å². The Bertz CT molecular complexity index is 823. The third-order valence-corrected chi connectivity index (χ3v) is 6.08. The molecule has 0 aliphatic heterocycles. The maximum Gasteiger partial charge on any atom is 0.234 e. The van der Waals surface area contributed by atoms with Gasteiger partial charge < -0.3 is 20.1 Å². The van der Waals surface area contributed by atoms with E-state index in [1.54, 1.807) is 25.3 Å².